The highest BCUT2D eigenvalue weighted by molar-refractivity contribution is 5.85. The summed E-state index contributed by atoms with van der Waals surface area (Å²) in [5.74, 6) is 0.844. The first-order valence-corrected chi connectivity index (χ1v) is 6.07. The lowest BCUT2D eigenvalue weighted by molar-refractivity contribution is 0.175. The van der Waals surface area contributed by atoms with Crippen molar-refractivity contribution in [3.8, 4) is 5.75 Å². The molecule has 0 aliphatic carbocycles. The molecule has 0 amide bonds. The van der Waals surface area contributed by atoms with Crippen LogP contribution in [0.2, 0.25) is 0 Å². The summed E-state index contributed by atoms with van der Waals surface area (Å²) >= 11 is 0. The van der Waals surface area contributed by atoms with E-state index in [9.17, 15) is 5.11 Å². The Labute approximate surface area is 101 Å². The molecule has 0 aliphatic heterocycles. The van der Waals surface area contributed by atoms with Crippen molar-refractivity contribution in [1.82, 2.24) is 4.98 Å². The lowest BCUT2D eigenvalue weighted by Crippen LogP contribution is -2.05. The van der Waals surface area contributed by atoms with Crippen LogP contribution < -0.4 is 4.74 Å². The Balaban J connectivity index is 2.43. The number of hydrogen-bond acceptors (Lipinski definition) is 2. The minimum atomic E-state index is -0.418. The van der Waals surface area contributed by atoms with Gasteiger partial charge in [-0.05, 0) is 38.5 Å². The summed E-state index contributed by atoms with van der Waals surface area (Å²) in [7, 11) is 0. The van der Waals surface area contributed by atoms with E-state index in [-0.39, 0.29) is 6.10 Å². The second-order valence-corrected chi connectivity index (χ2v) is 4.54. The van der Waals surface area contributed by atoms with Crippen LogP contribution in [0.1, 0.15) is 38.9 Å². The van der Waals surface area contributed by atoms with Crippen molar-refractivity contribution in [3.63, 3.8) is 0 Å². The zero-order valence-corrected chi connectivity index (χ0v) is 10.5. The molecule has 0 bridgehead atoms. The van der Waals surface area contributed by atoms with E-state index in [0.717, 1.165) is 22.2 Å². The smallest absolute Gasteiger partial charge is 0.120 e. The van der Waals surface area contributed by atoms with Crippen molar-refractivity contribution in [1.29, 1.82) is 0 Å². The van der Waals surface area contributed by atoms with Crippen LogP contribution in [-0.4, -0.2) is 16.2 Å². The van der Waals surface area contributed by atoms with E-state index in [1.807, 2.05) is 45.2 Å². The van der Waals surface area contributed by atoms with Crippen LogP contribution in [0, 0.1) is 0 Å². The first kappa shape index (κ1) is 12.0. The first-order valence-electron chi connectivity index (χ1n) is 6.07. The molecule has 0 unspecified atom stereocenters. The number of nitrogens with one attached hydrogen (secondary N) is 1. The number of hydrogen-bond donors (Lipinski definition) is 2. The third kappa shape index (κ3) is 2.44. The topological polar surface area (TPSA) is 45.2 Å². The van der Waals surface area contributed by atoms with Crippen LogP contribution in [-0.2, 0) is 0 Å². The zero-order chi connectivity index (χ0) is 12.4. The van der Waals surface area contributed by atoms with Crippen molar-refractivity contribution in [2.45, 2.75) is 39.4 Å². The third-order valence-corrected chi connectivity index (χ3v) is 2.80. The molecule has 92 valence electrons. The Morgan fingerprint density at radius 2 is 2.12 bits per heavy atom. The van der Waals surface area contributed by atoms with Gasteiger partial charge >= 0.3 is 0 Å². The predicted molar refractivity (Wildman–Crippen MR) is 69.3 cm³/mol. The summed E-state index contributed by atoms with van der Waals surface area (Å²) in [5.41, 5.74) is 1.97. The van der Waals surface area contributed by atoms with Crippen molar-refractivity contribution < 1.29 is 9.84 Å². The molecule has 1 aromatic heterocycles. The van der Waals surface area contributed by atoms with Crippen LogP contribution in [0.15, 0.2) is 24.4 Å². The molecule has 3 nitrogen and oxygen atoms in total. The van der Waals surface area contributed by atoms with E-state index in [4.69, 9.17) is 4.74 Å². The number of aromatic nitrogens is 1. The zero-order valence-electron chi connectivity index (χ0n) is 10.5. The van der Waals surface area contributed by atoms with Gasteiger partial charge in [-0.2, -0.15) is 0 Å². The highest BCUT2D eigenvalue weighted by Gasteiger charge is 2.12. The van der Waals surface area contributed by atoms with Gasteiger partial charge in [0.2, 0.25) is 0 Å². The highest BCUT2D eigenvalue weighted by Crippen LogP contribution is 2.29. The Morgan fingerprint density at radius 3 is 2.76 bits per heavy atom. The van der Waals surface area contributed by atoms with Crippen molar-refractivity contribution >= 4 is 10.9 Å². The average Bonchev–Trinajstić information content (AvgIpc) is 2.70. The molecule has 0 radical (unpaired) electrons. The lowest BCUT2D eigenvalue weighted by Gasteiger charge is -2.10. The van der Waals surface area contributed by atoms with Gasteiger partial charge in [0.25, 0.3) is 0 Å². The van der Waals surface area contributed by atoms with Crippen LogP contribution in [0.25, 0.3) is 10.9 Å². The number of aliphatic hydroxyl groups is 1. The molecule has 2 N–H and O–H groups in total. The minimum absolute atomic E-state index is 0.158. The van der Waals surface area contributed by atoms with Gasteiger partial charge in [0.15, 0.2) is 0 Å². The maximum absolute atomic E-state index is 9.93. The number of ether oxygens (including phenoxy) is 1. The number of aromatic amines is 1. The molecule has 0 saturated carbocycles. The van der Waals surface area contributed by atoms with Gasteiger partial charge in [0.1, 0.15) is 5.75 Å². The van der Waals surface area contributed by atoms with Crippen molar-refractivity contribution in [2.24, 2.45) is 0 Å². The van der Waals surface area contributed by atoms with Crippen molar-refractivity contribution in [2.75, 3.05) is 0 Å². The largest absolute Gasteiger partial charge is 0.491 e. The summed E-state index contributed by atoms with van der Waals surface area (Å²) in [4.78, 5) is 3.17. The number of aliphatic hydroxyl groups excluding tert-OH is 1. The lowest BCUT2D eigenvalue weighted by atomic mass is 10.1. The van der Waals surface area contributed by atoms with Gasteiger partial charge in [0.05, 0.1) is 12.2 Å². The molecule has 0 saturated heterocycles. The number of fused-ring (bicyclic) bond motifs is 1. The SMILES string of the molecule is CC[C@H](O)c1c[nH]c2ccc(OC(C)C)cc12. The molecule has 17 heavy (non-hydrogen) atoms. The van der Waals surface area contributed by atoms with Gasteiger partial charge in [-0.3, -0.25) is 0 Å². The van der Waals surface area contributed by atoms with E-state index in [1.165, 1.54) is 0 Å². The summed E-state index contributed by atoms with van der Waals surface area (Å²) in [5, 5.41) is 11.0. The van der Waals surface area contributed by atoms with Gasteiger partial charge in [0, 0.05) is 22.7 Å². The molecule has 3 heteroatoms. The van der Waals surface area contributed by atoms with Crippen LogP contribution >= 0.6 is 0 Å². The Kier molecular flexibility index (Phi) is 3.38. The molecule has 0 spiro atoms. The van der Waals surface area contributed by atoms with Crippen molar-refractivity contribution in [3.05, 3.63) is 30.0 Å². The van der Waals surface area contributed by atoms with E-state index in [2.05, 4.69) is 4.98 Å². The second-order valence-electron chi connectivity index (χ2n) is 4.54. The monoisotopic (exact) mass is 233 g/mol. The second kappa shape index (κ2) is 4.80. The fraction of sp³-hybridized carbons (Fsp3) is 0.429. The fourth-order valence-electron chi connectivity index (χ4n) is 1.96. The highest BCUT2D eigenvalue weighted by atomic mass is 16.5. The van der Waals surface area contributed by atoms with Gasteiger partial charge in [-0.1, -0.05) is 6.92 Å². The van der Waals surface area contributed by atoms with E-state index in [0.29, 0.717) is 6.42 Å². The first-order chi connectivity index (χ1) is 8.11. The summed E-state index contributed by atoms with van der Waals surface area (Å²) < 4.78 is 5.66. The molecule has 0 fully saturated rings. The Morgan fingerprint density at radius 1 is 1.35 bits per heavy atom. The van der Waals surface area contributed by atoms with Gasteiger partial charge in [-0.25, -0.2) is 0 Å². The van der Waals surface area contributed by atoms with E-state index in [1.54, 1.807) is 0 Å². The maximum Gasteiger partial charge on any atom is 0.120 e. The molecule has 1 heterocycles. The maximum atomic E-state index is 9.93. The van der Waals surface area contributed by atoms with Crippen LogP contribution in [0.4, 0.5) is 0 Å². The number of rotatable bonds is 4. The van der Waals surface area contributed by atoms with Gasteiger partial charge in [-0.15, -0.1) is 0 Å². The van der Waals surface area contributed by atoms with Gasteiger partial charge < -0.3 is 14.8 Å². The average molecular weight is 233 g/mol. The number of benzene rings is 1. The van der Waals surface area contributed by atoms with E-state index >= 15 is 0 Å². The summed E-state index contributed by atoms with van der Waals surface area (Å²) in [6.45, 7) is 5.98. The molecule has 1 aromatic carbocycles. The summed E-state index contributed by atoms with van der Waals surface area (Å²) in [6.07, 6.45) is 2.32. The van der Waals surface area contributed by atoms with E-state index < -0.39 is 6.10 Å². The van der Waals surface area contributed by atoms with Crippen LogP contribution in [0.3, 0.4) is 0 Å². The fourth-order valence-corrected chi connectivity index (χ4v) is 1.96. The molecule has 2 rings (SSSR count). The minimum Gasteiger partial charge on any atom is -0.491 e. The molecule has 2 aromatic rings. The Hall–Kier alpha value is -1.48. The quantitative estimate of drug-likeness (QED) is 0.850. The summed E-state index contributed by atoms with van der Waals surface area (Å²) in [6, 6.07) is 5.92. The molecule has 1 atom stereocenters. The molecule has 0 aliphatic rings. The standard InChI is InChI=1S/C14H19NO2/c1-4-14(16)12-8-15-13-6-5-10(7-11(12)13)17-9(2)3/h5-9,14-16H,4H2,1-3H3/t14-/m0/s1. The van der Waals surface area contributed by atoms with Crippen LogP contribution in [0.5, 0.6) is 5.75 Å². The third-order valence-electron chi connectivity index (χ3n) is 2.80. The Bertz CT molecular complexity index is 502. The number of H-pyrrole nitrogens is 1. The molecular weight excluding hydrogens is 214 g/mol. The molecular formula is C14H19NO2. The normalized spacial score (nSPS) is 13.2. The predicted octanol–water partition coefficient (Wildman–Crippen LogP) is 3.40.